The van der Waals surface area contributed by atoms with E-state index in [1.165, 1.54) is 0 Å². The van der Waals surface area contributed by atoms with Gasteiger partial charge in [0, 0.05) is 13.6 Å². The molecule has 0 N–H and O–H groups in total. The Hall–Kier alpha value is -0.730. The van der Waals surface area contributed by atoms with E-state index in [4.69, 9.17) is 4.74 Å². The number of hydrogen-bond donors (Lipinski definition) is 0. The highest BCUT2D eigenvalue weighted by molar-refractivity contribution is 5.67. The number of nitrogens with zero attached hydrogens (tertiary/aromatic N) is 1. The third kappa shape index (κ3) is 4.99. The molecule has 3 nitrogen and oxygen atoms in total. The minimum Gasteiger partial charge on any atom is -0.449 e. The normalized spacial score (nSPS) is 11.1. The van der Waals surface area contributed by atoms with E-state index in [0.29, 0.717) is 13.2 Å². The van der Waals surface area contributed by atoms with E-state index in [-0.39, 0.29) is 11.5 Å². The molecule has 0 atom stereocenters. The SMILES string of the molecule is CCN(C)C(=O)OCC(C)(C)C. The van der Waals surface area contributed by atoms with Gasteiger partial charge in [-0.3, -0.25) is 0 Å². The van der Waals surface area contributed by atoms with Gasteiger partial charge in [-0.2, -0.15) is 0 Å². The number of rotatable bonds is 2. The molecule has 0 aromatic rings. The first kappa shape index (κ1) is 11.3. The van der Waals surface area contributed by atoms with Crippen LogP contribution in [0.4, 0.5) is 4.79 Å². The van der Waals surface area contributed by atoms with Gasteiger partial charge >= 0.3 is 6.09 Å². The van der Waals surface area contributed by atoms with Crippen LogP contribution < -0.4 is 0 Å². The van der Waals surface area contributed by atoms with Crippen LogP contribution >= 0.6 is 0 Å². The van der Waals surface area contributed by atoms with Crippen LogP contribution in [0.25, 0.3) is 0 Å². The number of carbonyl (C=O) groups is 1. The van der Waals surface area contributed by atoms with E-state index >= 15 is 0 Å². The summed E-state index contributed by atoms with van der Waals surface area (Å²) in [6, 6.07) is 0. The fourth-order valence-electron chi connectivity index (χ4n) is 0.518. The van der Waals surface area contributed by atoms with Crippen molar-refractivity contribution >= 4 is 6.09 Å². The molecule has 72 valence electrons. The maximum Gasteiger partial charge on any atom is 0.409 e. The summed E-state index contributed by atoms with van der Waals surface area (Å²) < 4.78 is 5.05. The van der Waals surface area contributed by atoms with Gasteiger partial charge in [0.1, 0.15) is 0 Å². The Morgan fingerprint density at radius 3 is 2.25 bits per heavy atom. The van der Waals surface area contributed by atoms with Gasteiger partial charge in [0.2, 0.25) is 0 Å². The van der Waals surface area contributed by atoms with E-state index in [9.17, 15) is 4.79 Å². The van der Waals surface area contributed by atoms with Crippen molar-refractivity contribution in [2.24, 2.45) is 5.41 Å². The Labute approximate surface area is 74.7 Å². The van der Waals surface area contributed by atoms with E-state index < -0.39 is 0 Å². The van der Waals surface area contributed by atoms with Gasteiger partial charge in [-0.1, -0.05) is 20.8 Å². The van der Waals surface area contributed by atoms with Crippen LogP contribution in [0.15, 0.2) is 0 Å². The Bertz CT molecular complexity index is 149. The maximum atomic E-state index is 11.1. The van der Waals surface area contributed by atoms with Crippen LogP contribution in [0.1, 0.15) is 27.7 Å². The highest BCUT2D eigenvalue weighted by Crippen LogP contribution is 2.13. The first-order chi connectivity index (χ1) is 5.37. The van der Waals surface area contributed by atoms with Crippen LogP contribution in [0.5, 0.6) is 0 Å². The van der Waals surface area contributed by atoms with Crippen molar-refractivity contribution in [1.29, 1.82) is 0 Å². The zero-order chi connectivity index (χ0) is 9.78. The molecule has 0 fully saturated rings. The van der Waals surface area contributed by atoms with Crippen molar-refractivity contribution in [3.05, 3.63) is 0 Å². The van der Waals surface area contributed by atoms with Crippen molar-refractivity contribution in [3.8, 4) is 0 Å². The van der Waals surface area contributed by atoms with Crippen molar-refractivity contribution in [3.63, 3.8) is 0 Å². The maximum absolute atomic E-state index is 11.1. The van der Waals surface area contributed by atoms with Gasteiger partial charge in [-0.15, -0.1) is 0 Å². The monoisotopic (exact) mass is 173 g/mol. The first-order valence-corrected chi connectivity index (χ1v) is 4.24. The molecule has 1 amide bonds. The fourth-order valence-corrected chi connectivity index (χ4v) is 0.518. The zero-order valence-electron chi connectivity index (χ0n) is 8.68. The van der Waals surface area contributed by atoms with Crippen molar-refractivity contribution in [2.75, 3.05) is 20.2 Å². The van der Waals surface area contributed by atoms with Crippen LogP contribution in [-0.2, 0) is 4.74 Å². The standard InChI is InChI=1S/C9H19NO2/c1-6-10(5)8(11)12-7-9(2,3)4/h6-7H2,1-5H3. The van der Waals surface area contributed by atoms with Gasteiger partial charge in [0.05, 0.1) is 6.61 Å². The zero-order valence-corrected chi connectivity index (χ0v) is 8.68. The molecule has 0 radical (unpaired) electrons. The lowest BCUT2D eigenvalue weighted by atomic mass is 9.99. The largest absolute Gasteiger partial charge is 0.449 e. The summed E-state index contributed by atoms with van der Waals surface area (Å²) >= 11 is 0. The molecule has 0 saturated carbocycles. The summed E-state index contributed by atoms with van der Waals surface area (Å²) in [7, 11) is 1.73. The van der Waals surface area contributed by atoms with E-state index in [0.717, 1.165) is 0 Å². The smallest absolute Gasteiger partial charge is 0.409 e. The number of amides is 1. The van der Waals surface area contributed by atoms with Crippen molar-refractivity contribution < 1.29 is 9.53 Å². The number of carbonyl (C=O) groups excluding carboxylic acids is 1. The molecule has 0 unspecified atom stereocenters. The van der Waals surface area contributed by atoms with Crippen LogP contribution in [0.2, 0.25) is 0 Å². The quantitative estimate of drug-likeness (QED) is 0.640. The molecule has 0 aliphatic rings. The molecule has 0 aromatic carbocycles. The average Bonchev–Trinajstić information content (AvgIpc) is 1.97. The summed E-state index contributed by atoms with van der Waals surface area (Å²) in [6.07, 6.45) is -0.243. The topological polar surface area (TPSA) is 29.5 Å². The second-order valence-corrected chi connectivity index (χ2v) is 4.13. The van der Waals surface area contributed by atoms with E-state index in [2.05, 4.69) is 0 Å². The second kappa shape index (κ2) is 4.33. The molecule has 0 aliphatic heterocycles. The second-order valence-electron chi connectivity index (χ2n) is 4.13. The fraction of sp³-hybridized carbons (Fsp3) is 0.889. The molecule has 0 aliphatic carbocycles. The Balaban J connectivity index is 3.72. The highest BCUT2D eigenvalue weighted by atomic mass is 16.6. The van der Waals surface area contributed by atoms with Crippen LogP contribution in [0.3, 0.4) is 0 Å². The van der Waals surface area contributed by atoms with Crippen LogP contribution in [0, 0.1) is 5.41 Å². The minimum atomic E-state index is -0.243. The lowest BCUT2D eigenvalue weighted by molar-refractivity contribution is 0.0800. The molecule has 0 saturated heterocycles. The molecular formula is C9H19NO2. The molecule has 0 spiro atoms. The van der Waals surface area contributed by atoms with Crippen LogP contribution in [-0.4, -0.2) is 31.2 Å². The van der Waals surface area contributed by atoms with Gasteiger partial charge in [0.15, 0.2) is 0 Å². The van der Waals surface area contributed by atoms with E-state index in [1.807, 2.05) is 27.7 Å². The summed E-state index contributed by atoms with van der Waals surface area (Å²) in [5, 5.41) is 0. The third-order valence-corrected chi connectivity index (χ3v) is 1.41. The molecule has 0 bridgehead atoms. The molecule has 0 heterocycles. The average molecular weight is 173 g/mol. The lowest BCUT2D eigenvalue weighted by Gasteiger charge is -2.20. The Morgan fingerprint density at radius 1 is 1.42 bits per heavy atom. The first-order valence-electron chi connectivity index (χ1n) is 4.24. The molecule has 3 heteroatoms. The third-order valence-electron chi connectivity index (χ3n) is 1.41. The highest BCUT2D eigenvalue weighted by Gasteiger charge is 2.15. The molecule has 12 heavy (non-hydrogen) atoms. The molecular weight excluding hydrogens is 154 g/mol. The predicted molar refractivity (Wildman–Crippen MR) is 49.1 cm³/mol. The lowest BCUT2D eigenvalue weighted by Crippen LogP contribution is -2.30. The number of hydrogen-bond acceptors (Lipinski definition) is 2. The molecule has 0 rings (SSSR count). The number of ether oxygens (including phenoxy) is 1. The van der Waals surface area contributed by atoms with Crippen molar-refractivity contribution in [2.45, 2.75) is 27.7 Å². The Kier molecular flexibility index (Phi) is 4.07. The van der Waals surface area contributed by atoms with Gasteiger partial charge in [-0.25, -0.2) is 4.79 Å². The van der Waals surface area contributed by atoms with E-state index in [1.54, 1.807) is 11.9 Å². The Morgan fingerprint density at radius 2 is 1.92 bits per heavy atom. The van der Waals surface area contributed by atoms with Gasteiger partial charge in [0.25, 0.3) is 0 Å². The summed E-state index contributed by atoms with van der Waals surface area (Å²) in [6.45, 7) is 9.17. The minimum absolute atomic E-state index is 0.0459. The summed E-state index contributed by atoms with van der Waals surface area (Å²) in [5.74, 6) is 0. The summed E-state index contributed by atoms with van der Waals surface area (Å²) in [4.78, 5) is 12.7. The molecule has 0 aromatic heterocycles. The van der Waals surface area contributed by atoms with Crippen molar-refractivity contribution in [1.82, 2.24) is 4.90 Å². The summed E-state index contributed by atoms with van der Waals surface area (Å²) in [5.41, 5.74) is 0.0459. The van der Waals surface area contributed by atoms with Gasteiger partial charge in [-0.05, 0) is 12.3 Å². The van der Waals surface area contributed by atoms with Gasteiger partial charge < -0.3 is 9.64 Å². The predicted octanol–water partition coefficient (Wildman–Crippen LogP) is 2.12.